The predicted octanol–water partition coefficient (Wildman–Crippen LogP) is 2.81. The van der Waals surface area contributed by atoms with Crippen LogP contribution in [0.25, 0.3) is 0 Å². The molecule has 2 aromatic rings. The van der Waals surface area contributed by atoms with Crippen LogP contribution in [0.15, 0.2) is 48.5 Å². The number of hydrogen-bond acceptors (Lipinski definition) is 4. The molecule has 2 rings (SSSR count). The SMILES string of the molecule is COc1ccc(C(=N)Oc2ccc(O)cc2)cc1. The Morgan fingerprint density at radius 1 is 0.944 bits per heavy atom. The number of hydrogen-bond donors (Lipinski definition) is 2. The molecular formula is C14H13NO3. The summed E-state index contributed by atoms with van der Waals surface area (Å²) >= 11 is 0. The smallest absolute Gasteiger partial charge is 0.219 e. The van der Waals surface area contributed by atoms with Crippen LogP contribution in [-0.4, -0.2) is 18.1 Å². The first-order valence-electron chi connectivity index (χ1n) is 5.39. The largest absolute Gasteiger partial charge is 0.508 e. The van der Waals surface area contributed by atoms with Crippen molar-refractivity contribution in [1.29, 1.82) is 5.41 Å². The second-order valence-electron chi connectivity index (χ2n) is 3.65. The number of nitrogens with one attached hydrogen (secondary N) is 1. The monoisotopic (exact) mass is 243 g/mol. The first-order valence-corrected chi connectivity index (χ1v) is 5.39. The van der Waals surface area contributed by atoms with Gasteiger partial charge in [-0.15, -0.1) is 0 Å². The highest BCUT2D eigenvalue weighted by Crippen LogP contribution is 2.18. The van der Waals surface area contributed by atoms with Crippen molar-refractivity contribution < 1.29 is 14.6 Å². The van der Waals surface area contributed by atoms with Gasteiger partial charge in [-0.25, -0.2) is 0 Å². The highest BCUT2D eigenvalue weighted by Gasteiger charge is 2.04. The third-order valence-electron chi connectivity index (χ3n) is 2.41. The van der Waals surface area contributed by atoms with Crippen molar-refractivity contribution in [3.8, 4) is 17.2 Å². The molecule has 2 aromatic carbocycles. The maximum atomic E-state index is 9.14. The van der Waals surface area contributed by atoms with Crippen LogP contribution in [0.2, 0.25) is 0 Å². The first-order chi connectivity index (χ1) is 8.69. The van der Waals surface area contributed by atoms with E-state index in [0.29, 0.717) is 11.3 Å². The Bertz CT molecular complexity index is 532. The van der Waals surface area contributed by atoms with Crippen LogP contribution in [0.1, 0.15) is 5.56 Å². The second-order valence-corrected chi connectivity index (χ2v) is 3.65. The number of methoxy groups -OCH3 is 1. The minimum atomic E-state index is 0.0448. The molecule has 0 aromatic heterocycles. The van der Waals surface area contributed by atoms with Gasteiger partial charge in [0.1, 0.15) is 17.2 Å². The zero-order chi connectivity index (χ0) is 13.0. The van der Waals surface area contributed by atoms with Crippen molar-refractivity contribution in [1.82, 2.24) is 0 Å². The van der Waals surface area contributed by atoms with Crippen molar-refractivity contribution in [3.05, 3.63) is 54.1 Å². The molecule has 4 nitrogen and oxygen atoms in total. The summed E-state index contributed by atoms with van der Waals surface area (Å²) in [7, 11) is 1.59. The number of benzene rings is 2. The average Bonchev–Trinajstić information content (AvgIpc) is 2.41. The van der Waals surface area contributed by atoms with Crippen LogP contribution in [-0.2, 0) is 0 Å². The van der Waals surface area contributed by atoms with Crippen molar-refractivity contribution in [2.24, 2.45) is 0 Å². The van der Waals surface area contributed by atoms with Crippen LogP contribution in [0, 0.1) is 5.41 Å². The molecule has 0 amide bonds. The lowest BCUT2D eigenvalue weighted by molar-refractivity contribution is 0.414. The zero-order valence-electron chi connectivity index (χ0n) is 9.88. The molecule has 0 saturated carbocycles. The summed E-state index contributed by atoms with van der Waals surface area (Å²) in [5, 5.41) is 17.0. The summed E-state index contributed by atoms with van der Waals surface area (Å²) in [6, 6.07) is 13.3. The Hall–Kier alpha value is -2.49. The molecule has 0 spiro atoms. The van der Waals surface area contributed by atoms with Crippen molar-refractivity contribution in [3.63, 3.8) is 0 Å². The Kier molecular flexibility index (Phi) is 3.48. The van der Waals surface area contributed by atoms with E-state index in [4.69, 9.17) is 20.0 Å². The van der Waals surface area contributed by atoms with Crippen molar-refractivity contribution >= 4 is 5.90 Å². The van der Waals surface area contributed by atoms with E-state index in [0.717, 1.165) is 5.75 Å². The first kappa shape index (κ1) is 12.0. The summed E-state index contributed by atoms with van der Waals surface area (Å²) in [5.74, 6) is 1.45. The van der Waals surface area contributed by atoms with Crippen LogP contribution in [0.5, 0.6) is 17.2 Å². The Morgan fingerprint density at radius 2 is 1.50 bits per heavy atom. The van der Waals surface area contributed by atoms with Gasteiger partial charge in [0.25, 0.3) is 0 Å². The fourth-order valence-electron chi connectivity index (χ4n) is 1.43. The van der Waals surface area contributed by atoms with Gasteiger partial charge in [-0.3, -0.25) is 5.41 Å². The lowest BCUT2D eigenvalue weighted by Gasteiger charge is -2.07. The zero-order valence-corrected chi connectivity index (χ0v) is 9.88. The lowest BCUT2D eigenvalue weighted by atomic mass is 10.2. The van der Waals surface area contributed by atoms with E-state index in [-0.39, 0.29) is 11.6 Å². The van der Waals surface area contributed by atoms with E-state index in [9.17, 15) is 0 Å². The van der Waals surface area contributed by atoms with Gasteiger partial charge < -0.3 is 14.6 Å². The molecule has 0 heterocycles. The quantitative estimate of drug-likeness (QED) is 0.643. The maximum Gasteiger partial charge on any atom is 0.219 e. The minimum absolute atomic E-state index is 0.0448. The average molecular weight is 243 g/mol. The Morgan fingerprint density at radius 3 is 2.06 bits per heavy atom. The van der Waals surface area contributed by atoms with Crippen LogP contribution in [0.3, 0.4) is 0 Å². The minimum Gasteiger partial charge on any atom is -0.508 e. The molecule has 0 fully saturated rings. The van der Waals surface area contributed by atoms with Gasteiger partial charge in [0.15, 0.2) is 0 Å². The molecular weight excluding hydrogens is 230 g/mol. The summed E-state index contributed by atoms with van der Waals surface area (Å²) in [5.41, 5.74) is 0.656. The summed E-state index contributed by atoms with van der Waals surface area (Å²) < 4.78 is 10.4. The van der Waals surface area contributed by atoms with E-state index in [1.54, 1.807) is 43.5 Å². The third kappa shape index (κ3) is 2.79. The summed E-state index contributed by atoms with van der Waals surface area (Å²) in [6.45, 7) is 0. The Labute approximate surface area is 105 Å². The van der Waals surface area contributed by atoms with Gasteiger partial charge in [-0.2, -0.15) is 0 Å². The normalized spacial score (nSPS) is 9.83. The molecule has 0 bridgehead atoms. The van der Waals surface area contributed by atoms with Gasteiger partial charge in [0.05, 0.1) is 7.11 Å². The van der Waals surface area contributed by atoms with Gasteiger partial charge in [0, 0.05) is 5.56 Å². The van der Waals surface area contributed by atoms with Crippen molar-refractivity contribution in [2.75, 3.05) is 7.11 Å². The van der Waals surface area contributed by atoms with Gasteiger partial charge in [-0.05, 0) is 48.5 Å². The molecule has 18 heavy (non-hydrogen) atoms. The maximum absolute atomic E-state index is 9.14. The molecule has 2 N–H and O–H groups in total. The van der Waals surface area contributed by atoms with E-state index in [1.807, 2.05) is 0 Å². The molecule has 0 saturated heterocycles. The standard InChI is InChI=1S/C14H13NO3/c1-17-12-6-2-10(3-7-12)14(15)18-13-8-4-11(16)5-9-13/h2-9,15-16H,1H3. The van der Waals surface area contributed by atoms with E-state index in [1.165, 1.54) is 12.1 Å². The van der Waals surface area contributed by atoms with Crippen molar-refractivity contribution in [2.45, 2.75) is 0 Å². The van der Waals surface area contributed by atoms with Gasteiger partial charge in [0.2, 0.25) is 5.90 Å². The van der Waals surface area contributed by atoms with E-state index < -0.39 is 0 Å². The Balaban J connectivity index is 2.09. The number of aromatic hydroxyl groups is 1. The number of ether oxygens (including phenoxy) is 2. The van der Waals surface area contributed by atoms with Crippen LogP contribution in [0.4, 0.5) is 0 Å². The van der Waals surface area contributed by atoms with Gasteiger partial charge >= 0.3 is 0 Å². The summed E-state index contributed by atoms with van der Waals surface area (Å²) in [4.78, 5) is 0. The highest BCUT2D eigenvalue weighted by atomic mass is 16.5. The number of rotatable bonds is 3. The molecule has 0 unspecified atom stereocenters. The molecule has 0 aliphatic carbocycles. The number of phenolic OH excluding ortho intramolecular Hbond substituents is 1. The second kappa shape index (κ2) is 5.23. The third-order valence-corrected chi connectivity index (χ3v) is 2.41. The predicted molar refractivity (Wildman–Crippen MR) is 68.6 cm³/mol. The fraction of sp³-hybridized carbons (Fsp3) is 0.0714. The molecule has 92 valence electrons. The molecule has 0 aliphatic rings. The van der Waals surface area contributed by atoms with Gasteiger partial charge in [-0.1, -0.05) is 0 Å². The molecule has 0 aliphatic heterocycles. The van der Waals surface area contributed by atoms with Crippen LogP contribution < -0.4 is 9.47 Å². The van der Waals surface area contributed by atoms with E-state index >= 15 is 0 Å². The van der Waals surface area contributed by atoms with E-state index in [2.05, 4.69) is 0 Å². The molecule has 0 radical (unpaired) electrons. The highest BCUT2D eigenvalue weighted by molar-refractivity contribution is 5.93. The number of phenols is 1. The lowest BCUT2D eigenvalue weighted by Crippen LogP contribution is -2.08. The molecule has 0 atom stereocenters. The fourth-order valence-corrected chi connectivity index (χ4v) is 1.43. The summed E-state index contributed by atoms with van der Waals surface area (Å²) in [6.07, 6.45) is 0. The molecule has 4 heteroatoms. The van der Waals surface area contributed by atoms with Crippen LogP contribution >= 0.6 is 0 Å². The topological polar surface area (TPSA) is 62.5 Å².